The molecule has 1 N–H and O–H groups in total. The zero-order valence-electron chi connectivity index (χ0n) is 13.7. The van der Waals surface area contributed by atoms with Crippen LogP contribution in [0.5, 0.6) is 5.88 Å². The highest BCUT2D eigenvalue weighted by Gasteiger charge is 2.41. The summed E-state index contributed by atoms with van der Waals surface area (Å²) in [6.45, 7) is 4.86. The van der Waals surface area contributed by atoms with Gasteiger partial charge in [0.05, 0.1) is 18.5 Å². The van der Waals surface area contributed by atoms with E-state index in [0.717, 1.165) is 32.1 Å². The number of nitrogens with zero attached hydrogens (tertiary/aromatic N) is 1. The molecule has 1 fully saturated rings. The lowest BCUT2D eigenvalue weighted by molar-refractivity contribution is -0.143. The van der Waals surface area contributed by atoms with E-state index in [1.165, 1.54) is 0 Å². The summed E-state index contributed by atoms with van der Waals surface area (Å²) in [7, 11) is 1.62. The minimum absolute atomic E-state index is 0.0782. The van der Waals surface area contributed by atoms with E-state index >= 15 is 0 Å². The second kappa shape index (κ2) is 7.58. The average Bonchev–Trinajstić information content (AvgIpc) is 2.54. The summed E-state index contributed by atoms with van der Waals surface area (Å²) in [4.78, 5) is 16.8. The number of pyridine rings is 1. The number of carbonyl (C=O) groups excluding carboxylic acids is 1. The molecule has 0 bridgehead atoms. The molecule has 1 amide bonds. The fourth-order valence-corrected chi connectivity index (χ4v) is 2.98. The van der Waals surface area contributed by atoms with Crippen molar-refractivity contribution >= 4 is 11.6 Å². The fraction of sp³-hybridized carbons (Fsp3) is 0.647. The maximum Gasteiger partial charge on any atom is 0.256 e. The largest absolute Gasteiger partial charge is 0.478 e. The van der Waals surface area contributed by atoms with Crippen molar-refractivity contribution in [2.75, 3.05) is 19.0 Å². The summed E-state index contributed by atoms with van der Waals surface area (Å²) in [5.41, 5.74) is -0.0433. The summed E-state index contributed by atoms with van der Waals surface area (Å²) in [6, 6.07) is 3.58. The molecular weight excluding hydrogens is 280 g/mol. The standard InChI is InChI=1S/C17H26N2O3/c1-4-10-22-15-8-7-14(12-18-15)19-16(20)17(21-3)9-5-6-13(2)11-17/h7-8,12-13H,4-6,9-11H2,1-3H3,(H,19,20)/t13-,17+/m1/s1. The number of nitrogens with one attached hydrogen (secondary N) is 1. The number of ether oxygens (including phenoxy) is 2. The Morgan fingerprint density at radius 2 is 2.32 bits per heavy atom. The van der Waals surface area contributed by atoms with Crippen LogP contribution in [0.2, 0.25) is 0 Å². The number of aromatic nitrogens is 1. The number of hydrogen-bond donors (Lipinski definition) is 1. The first-order valence-corrected chi connectivity index (χ1v) is 8.05. The van der Waals surface area contributed by atoms with Crippen LogP contribution in [0, 0.1) is 5.92 Å². The van der Waals surface area contributed by atoms with E-state index in [9.17, 15) is 4.79 Å². The molecule has 2 rings (SSSR count). The van der Waals surface area contributed by atoms with Crippen molar-refractivity contribution in [3.63, 3.8) is 0 Å². The van der Waals surface area contributed by atoms with Crippen molar-refractivity contribution in [2.45, 2.75) is 51.6 Å². The van der Waals surface area contributed by atoms with Gasteiger partial charge < -0.3 is 14.8 Å². The Balaban J connectivity index is 2.00. The topological polar surface area (TPSA) is 60.5 Å². The molecule has 1 saturated carbocycles. The molecule has 5 nitrogen and oxygen atoms in total. The van der Waals surface area contributed by atoms with Gasteiger partial charge in [-0.25, -0.2) is 4.98 Å². The lowest BCUT2D eigenvalue weighted by Crippen LogP contribution is -2.47. The second-order valence-electron chi connectivity index (χ2n) is 6.09. The van der Waals surface area contributed by atoms with Crippen molar-refractivity contribution in [3.05, 3.63) is 18.3 Å². The zero-order chi connectivity index (χ0) is 16.0. The summed E-state index contributed by atoms with van der Waals surface area (Å²) >= 11 is 0. The number of amides is 1. The van der Waals surface area contributed by atoms with E-state index in [1.807, 2.05) is 13.0 Å². The predicted molar refractivity (Wildman–Crippen MR) is 86.0 cm³/mol. The van der Waals surface area contributed by atoms with E-state index < -0.39 is 5.60 Å². The van der Waals surface area contributed by atoms with Crippen LogP contribution in [0.25, 0.3) is 0 Å². The van der Waals surface area contributed by atoms with Crippen LogP contribution in [0.1, 0.15) is 46.0 Å². The first-order valence-electron chi connectivity index (χ1n) is 8.05. The van der Waals surface area contributed by atoms with E-state index in [1.54, 1.807) is 19.4 Å². The van der Waals surface area contributed by atoms with Gasteiger partial charge >= 0.3 is 0 Å². The maximum atomic E-state index is 12.6. The van der Waals surface area contributed by atoms with Crippen molar-refractivity contribution in [1.82, 2.24) is 4.98 Å². The molecule has 0 aromatic carbocycles. The number of hydrogen-bond acceptors (Lipinski definition) is 4. The molecule has 1 aliphatic rings. The van der Waals surface area contributed by atoms with Gasteiger partial charge in [-0.15, -0.1) is 0 Å². The molecule has 2 atom stereocenters. The van der Waals surface area contributed by atoms with Crippen LogP contribution < -0.4 is 10.1 Å². The first-order chi connectivity index (χ1) is 10.6. The number of anilines is 1. The normalized spacial score (nSPS) is 24.8. The minimum atomic E-state index is -0.713. The molecule has 1 heterocycles. The van der Waals surface area contributed by atoms with Gasteiger partial charge in [0.15, 0.2) is 0 Å². The molecule has 0 unspecified atom stereocenters. The lowest BCUT2D eigenvalue weighted by Gasteiger charge is -2.37. The molecule has 0 spiro atoms. The summed E-state index contributed by atoms with van der Waals surface area (Å²) < 4.78 is 11.0. The van der Waals surface area contributed by atoms with Gasteiger partial charge in [0.1, 0.15) is 5.60 Å². The molecule has 1 aromatic rings. The molecule has 1 aliphatic carbocycles. The van der Waals surface area contributed by atoms with Gasteiger partial charge in [-0.3, -0.25) is 4.79 Å². The van der Waals surface area contributed by atoms with Crippen molar-refractivity contribution in [3.8, 4) is 5.88 Å². The Hall–Kier alpha value is -1.62. The Morgan fingerprint density at radius 3 is 2.91 bits per heavy atom. The monoisotopic (exact) mass is 306 g/mol. The highest BCUT2D eigenvalue weighted by Crippen LogP contribution is 2.35. The quantitative estimate of drug-likeness (QED) is 0.875. The van der Waals surface area contributed by atoms with Crippen molar-refractivity contribution < 1.29 is 14.3 Å². The Kier molecular flexibility index (Phi) is 5.77. The Bertz CT molecular complexity index is 489. The Labute approximate surface area is 132 Å². The van der Waals surface area contributed by atoms with Gasteiger partial charge in [0.2, 0.25) is 5.88 Å². The maximum absolute atomic E-state index is 12.6. The molecule has 5 heteroatoms. The SMILES string of the molecule is CCCOc1ccc(NC(=O)[C@]2(OC)CCC[C@@H](C)C2)cn1. The highest BCUT2D eigenvalue weighted by atomic mass is 16.5. The molecule has 1 aromatic heterocycles. The van der Waals surface area contributed by atoms with Gasteiger partial charge in [-0.1, -0.05) is 20.3 Å². The average molecular weight is 306 g/mol. The van der Waals surface area contributed by atoms with Crippen LogP contribution in [0.4, 0.5) is 5.69 Å². The van der Waals surface area contributed by atoms with Crippen molar-refractivity contribution in [1.29, 1.82) is 0 Å². The lowest BCUT2D eigenvalue weighted by atomic mass is 9.78. The smallest absolute Gasteiger partial charge is 0.256 e. The Morgan fingerprint density at radius 1 is 1.50 bits per heavy atom. The van der Waals surface area contributed by atoms with E-state index in [-0.39, 0.29) is 5.91 Å². The summed E-state index contributed by atoms with van der Waals surface area (Å²) in [6.07, 6.45) is 6.27. The summed E-state index contributed by atoms with van der Waals surface area (Å²) in [5.74, 6) is 1.00. The van der Waals surface area contributed by atoms with Crippen LogP contribution >= 0.6 is 0 Å². The molecule has 0 aliphatic heterocycles. The zero-order valence-corrected chi connectivity index (χ0v) is 13.7. The number of rotatable bonds is 6. The molecule has 122 valence electrons. The fourth-order valence-electron chi connectivity index (χ4n) is 2.98. The third kappa shape index (κ3) is 3.97. The van der Waals surface area contributed by atoms with E-state index in [0.29, 0.717) is 24.1 Å². The van der Waals surface area contributed by atoms with Crippen LogP contribution in [-0.4, -0.2) is 30.2 Å². The third-order valence-electron chi connectivity index (χ3n) is 4.21. The predicted octanol–water partition coefficient (Wildman–Crippen LogP) is 3.40. The summed E-state index contributed by atoms with van der Waals surface area (Å²) in [5, 5.41) is 2.93. The van der Waals surface area contributed by atoms with Crippen LogP contribution in [0.15, 0.2) is 18.3 Å². The highest BCUT2D eigenvalue weighted by molar-refractivity contribution is 5.97. The van der Waals surface area contributed by atoms with Crippen LogP contribution in [-0.2, 0) is 9.53 Å². The van der Waals surface area contributed by atoms with Gasteiger partial charge in [0, 0.05) is 13.2 Å². The van der Waals surface area contributed by atoms with Gasteiger partial charge in [-0.05, 0) is 37.7 Å². The molecular formula is C17H26N2O3. The molecule has 0 radical (unpaired) electrons. The van der Waals surface area contributed by atoms with Crippen LogP contribution in [0.3, 0.4) is 0 Å². The molecule has 0 saturated heterocycles. The number of carbonyl (C=O) groups is 1. The van der Waals surface area contributed by atoms with E-state index in [4.69, 9.17) is 9.47 Å². The number of methoxy groups -OCH3 is 1. The van der Waals surface area contributed by atoms with Gasteiger partial charge in [0.25, 0.3) is 5.91 Å². The van der Waals surface area contributed by atoms with Gasteiger partial charge in [-0.2, -0.15) is 0 Å². The minimum Gasteiger partial charge on any atom is -0.478 e. The molecule has 22 heavy (non-hydrogen) atoms. The third-order valence-corrected chi connectivity index (χ3v) is 4.21. The van der Waals surface area contributed by atoms with Crippen molar-refractivity contribution in [2.24, 2.45) is 5.92 Å². The first kappa shape index (κ1) is 16.7. The van der Waals surface area contributed by atoms with E-state index in [2.05, 4.69) is 17.2 Å². The second-order valence-corrected chi connectivity index (χ2v) is 6.09.